The molecule has 3 aliphatic rings. The maximum Gasteiger partial charge on any atom is 0.233 e. The number of benzene rings is 1. The van der Waals surface area contributed by atoms with Crippen LogP contribution < -0.4 is 0 Å². The molecule has 27 heavy (non-hydrogen) atoms. The lowest BCUT2D eigenvalue weighted by molar-refractivity contribution is -0.274. The minimum atomic E-state index is -1.66. The van der Waals surface area contributed by atoms with Gasteiger partial charge in [-0.3, -0.25) is 14.5 Å². The van der Waals surface area contributed by atoms with E-state index in [-0.39, 0.29) is 30.6 Å². The first-order chi connectivity index (χ1) is 12.9. The van der Waals surface area contributed by atoms with Crippen molar-refractivity contribution in [3.8, 4) is 5.75 Å². The van der Waals surface area contributed by atoms with E-state index in [4.69, 9.17) is 4.74 Å². The summed E-state index contributed by atoms with van der Waals surface area (Å²) < 4.78 is 5.99. The van der Waals surface area contributed by atoms with Crippen LogP contribution >= 0.6 is 0 Å². The second-order valence-electron chi connectivity index (χ2n) is 7.87. The van der Waals surface area contributed by atoms with Gasteiger partial charge >= 0.3 is 0 Å². The Labute approximate surface area is 157 Å². The fourth-order valence-electron chi connectivity index (χ4n) is 5.13. The number of amides is 2. The van der Waals surface area contributed by atoms with Crippen molar-refractivity contribution in [2.24, 2.45) is 23.7 Å². The van der Waals surface area contributed by atoms with Gasteiger partial charge in [0.25, 0.3) is 0 Å². The molecule has 3 fully saturated rings. The zero-order valence-corrected chi connectivity index (χ0v) is 15.2. The molecular formula is C20H25NO6. The highest BCUT2D eigenvalue weighted by Gasteiger charge is 2.66. The van der Waals surface area contributed by atoms with Crippen LogP contribution in [-0.4, -0.2) is 51.0 Å². The summed E-state index contributed by atoms with van der Waals surface area (Å²) in [5.41, 5.74) is 0.702. The number of ether oxygens (including phenoxy) is 1. The lowest BCUT2D eigenvalue weighted by Crippen LogP contribution is -2.54. The topological polar surface area (TPSA) is 107 Å². The van der Waals surface area contributed by atoms with Gasteiger partial charge in [0.15, 0.2) is 5.79 Å². The molecule has 2 aliphatic heterocycles. The molecule has 0 spiro atoms. The molecule has 0 unspecified atom stereocenters. The number of phenolic OH excluding ortho intramolecular Hbond substituents is 1. The standard InChI is InChI=1S/C20H25NO6/c1-2-6-21-18(24)14-8-12(10-22)20(26)15(17(14)19(21)25)9-16(27-20)11-4-3-5-13(23)7-11/h3-5,7,12,14-17,22-23,26H,2,6,8-10H2,1H3/t12-,14+,15+,16+,17+,20-/m1/s1. The van der Waals surface area contributed by atoms with Crippen LogP contribution in [0.4, 0.5) is 0 Å². The molecule has 1 aliphatic carbocycles. The Hall–Kier alpha value is -1.96. The molecule has 7 heteroatoms. The Morgan fingerprint density at radius 3 is 2.70 bits per heavy atom. The van der Waals surface area contributed by atoms with E-state index in [0.717, 1.165) is 0 Å². The average Bonchev–Trinajstić information content (AvgIpc) is 3.11. The number of hydrogen-bond donors (Lipinski definition) is 3. The van der Waals surface area contributed by atoms with E-state index < -0.39 is 35.6 Å². The summed E-state index contributed by atoms with van der Waals surface area (Å²) in [5, 5.41) is 30.9. The number of aliphatic hydroxyl groups excluding tert-OH is 1. The number of aliphatic hydroxyl groups is 2. The van der Waals surface area contributed by atoms with Gasteiger partial charge in [-0.2, -0.15) is 0 Å². The quantitative estimate of drug-likeness (QED) is 0.682. The third kappa shape index (κ3) is 2.68. The minimum absolute atomic E-state index is 0.0933. The Morgan fingerprint density at radius 1 is 1.26 bits per heavy atom. The number of rotatable bonds is 4. The smallest absolute Gasteiger partial charge is 0.233 e. The molecule has 6 atom stereocenters. The Bertz CT molecular complexity index is 767. The number of carbonyl (C=O) groups excluding carboxylic acids is 2. The van der Waals surface area contributed by atoms with Gasteiger partial charge in [0.2, 0.25) is 11.8 Å². The average molecular weight is 375 g/mol. The molecule has 7 nitrogen and oxygen atoms in total. The van der Waals surface area contributed by atoms with Gasteiger partial charge in [-0.1, -0.05) is 19.1 Å². The molecule has 146 valence electrons. The first-order valence-corrected chi connectivity index (χ1v) is 9.55. The van der Waals surface area contributed by atoms with Gasteiger partial charge in [-0.05, 0) is 37.0 Å². The van der Waals surface area contributed by atoms with E-state index in [1.807, 2.05) is 6.92 Å². The van der Waals surface area contributed by atoms with Crippen molar-refractivity contribution >= 4 is 11.8 Å². The van der Waals surface area contributed by atoms with Crippen LogP contribution in [0, 0.1) is 23.7 Å². The number of nitrogens with zero attached hydrogens (tertiary/aromatic N) is 1. The van der Waals surface area contributed by atoms with Crippen LogP contribution in [0.25, 0.3) is 0 Å². The van der Waals surface area contributed by atoms with Crippen molar-refractivity contribution < 1.29 is 29.6 Å². The molecule has 4 rings (SSSR count). The highest BCUT2D eigenvalue weighted by atomic mass is 16.6. The molecule has 2 amide bonds. The number of aromatic hydroxyl groups is 1. The van der Waals surface area contributed by atoms with Crippen molar-refractivity contribution in [2.75, 3.05) is 13.2 Å². The Morgan fingerprint density at radius 2 is 2.04 bits per heavy atom. The van der Waals surface area contributed by atoms with Gasteiger partial charge in [0, 0.05) is 18.4 Å². The SMILES string of the molecule is CCCN1C(=O)[C@H]2[C@H](C[C@H](CO)[C@@]3(O)O[C@H](c4cccc(O)c4)C[C@@H]23)C1=O. The monoisotopic (exact) mass is 375 g/mol. The maximum atomic E-state index is 13.0. The van der Waals surface area contributed by atoms with Gasteiger partial charge < -0.3 is 20.1 Å². The summed E-state index contributed by atoms with van der Waals surface area (Å²) in [4.78, 5) is 27.0. The second kappa shape index (κ2) is 6.58. The third-order valence-corrected chi connectivity index (χ3v) is 6.36. The van der Waals surface area contributed by atoms with Crippen LogP contribution in [0.1, 0.15) is 37.9 Å². The number of carbonyl (C=O) groups is 2. The van der Waals surface area contributed by atoms with Crippen LogP contribution in [0.15, 0.2) is 24.3 Å². The van der Waals surface area contributed by atoms with E-state index >= 15 is 0 Å². The molecule has 2 heterocycles. The van der Waals surface area contributed by atoms with Crippen molar-refractivity contribution in [1.29, 1.82) is 0 Å². The van der Waals surface area contributed by atoms with Crippen molar-refractivity contribution in [3.05, 3.63) is 29.8 Å². The molecule has 0 bridgehead atoms. The van der Waals surface area contributed by atoms with Crippen LogP contribution in [0.5, 0.6) is 5.75 Å². The molecule has 2 saturated heterocycles. The van der Waals surface area contributed by atoms with E-state index in [9.17, 15) is 24.9 Å². The van der Waals surface area contributed by atoms with Gasteiger partial charge in [-0.25, -0.2) is 0 Å². The summed E-state index contributed by atoms with van der Waals surface area (Å²) in [5.74, 6) is -4.36. The predicted octanol–water partition coefficient (Wildman–Crippen LogP) is 1.18. The van der Waals surface area contributed by atoms with Gasteiger partial charge in [0.05, 0.1) is 24.5 Å². The van der Waals surface area contributed by atoms with Crippen LogP contribution in [-0.2, 0) is 14.3 Å². The molecule has 1 aromatic rings. The molecule has 0 radical (unpaired) electrons. The zero-order valence-electron chi connectivity index (χ0n) is 15.2. The van der Waals surface area contributed by atoms with E-state index in [2.05, 4.69) is 0 Å². The number of phenols is 1. The molecule has 3 N–H and O–H groups in total. The highest BCUT2D eigenvalue weighted by Crippen LogP contribution is 2.58. The summed E-state index contributed by atoms with van der Waals surface area (Å²) in [7, 11) is 0. The summed E-state index contributed by atoms with van der Waals surface area (Å²) >= 11 is 0. The van der Waals surface area contributed by atoms with Crippen molar-refractivity contribution in [3.63, 3.8) is 0 Å². The number of likely N-dealkylation sites (tertiary alicyclic amines) is 1. The minimum Gasteiger partial charge on any atom is -0.508 e. The van der Waals surface area contributed by atoms with Gasteiger partial charge in [0.1, 0.15) is 5.75 Å². The molecule has 1 saturated carbocycles. The van der Waals surface area contributed by atoms with E-state index in [1.165, 1.54) is 4.90 Å². The predicted molar refractivity (Wildman–Crippen MR) is 94.2 cm³/mol. The largest absolute Gasteiger partial charge is 0.508 e. The number of hydrogen-bond acceptors (Lipinski definition) is 6. The van der Waals surface area contributed by atoms with Gasteiger partial charge in [-0.15, -0.1) is 0 Å². The summed E-state index contributed by atoms with van der Waals surface area (Å²) in [6.07, 6.45) is 0.753. The van der Waals surface area contributed by atoms with Crippen molar-refractivity contribution in [2.45, 2.75) is 38.1 Å². The molecule has 1 aromatic carbocycles. The Balaban J connectivity index is 1.70. The second-order valence-corrected chi connectivity index (χ2v) is 7.87. The lowest BCUT2D eigenvalue weighted by atomic mass is 9.64. The fraction of sp³-hybridized carbons (Fsp3) is 0.600. The third-order valence-electron chi connectivity index (χ3n) is 6.36. The maximum absolute atomic E-state index is 13.0. The first-order valence-electron chi connectivity index (χ1n) is 9.55. The molecule has 0 aromatic heterocycles. The van der Waals surface area contributed by atoms with E-state index in [1.54, 1.807) is 24.3 Å². The number of fused-ring (bicyclic) bond motifs is 3. The first kappa shape index (κ1) is 18.4. The summed E-state index contributed by atoms with van der Waals surface area (Å²) in [6, 6.07) is 6.61. The van der Waals surface area contributed by atoms with Crippen LogP contribution in [0.2, 0.25) is 0 Å². The molecular weight excluding hydrogens is 350 g/mol. The highest BCUT2D eigenvalue weighted by molar-refractivity contribution is 6.05. The van der Waals surface area contributed by atoms with Crippen LogP contribution in [0.3, 0.4) is 0 Å². The number of imide groups is 1. The summed E-state index contributed by atoms with van der Waals surface area (Å²) in [6.45, 7) is 1.96. The van der Waals surface area contributed by atoms with E-state index in [0.29, 0.717) is 24.9 Å². The lowest BCUT2D eigenvalue weighted by Gasteiger charge is -2.44. The zero-order chi connectivity index (χ0) is 19.3. The fourth-order valence-corrected chi connectivity index (χ4v) is 5.13. The normalized spacial score (nSPS) is 38.2. The van der Waals surface area contributed by atoms with Crippen molar-refractivity contribution in [1.82, 2.24) is 4.90 Å². The Kier molecular flexibility index (Phi) is 4.49.